The van der Waals surface area contributed by atoms with Gasteiger partial charge in [-0.15, -0.1) is 0 Å². The third kappa shape index (κ3) is 1.59. The van der Waals surface area contributed by atoms with Gasteiger partial charge in [-0.1, -0.05) is 6.42 Å². The van der Waals surface area contributed by atoms with Crippen LogP contribution in [0.25, 0.3) is 0 Å². The smallest absolute Gasteiger partial charge is 0.147 e. The maximum atomic E-state index is 10.4. The number of hydrogen-bond donors (Lipinski definition) is 1. The number of nitrogens with two attached hydrogens (primary N) is 1. The summed E-state index contributed by atoms with van der Waals surface area (Å²) in [6.07, 6.45) is 6.17. The zero-order valence-corrected chi connectivity index (χ0v) is 6.10. The van der Waals surface area contributed by atoms with Crippen molar-refractivity contribution in [3.05, 3.63) is 11.3 Å². The molecular weight excluding hydrogens is 126 g/mol. The molecule has 2 heteroatoms. The number of carbonyl (C=O) groups excluding carboxylic acids is 1. The molecule has 0 saturated carbocycles. The van der Waals surface area contributed by atoms with Crippen LogP contribution in [0.5, 0.6) is 0 Å². The van der Waals surface area contributed by atoms with Crippen LogP contribution >= 0.6 is 0 Å². The first-order valence-corrected chi connectivity index (χ1v) is 3.77. The number of allylic oxidation sites excluding steroid dienone is 2. The highest BCUT2D eigenvalue weighted by Crippen LogP contribution is 2.18. The first-order chi connectivity index (χ1) is 4.84. The van der Waals surface area contributed by atoms with E-state index in [0.29, 0.717) is 0 Å². The molecule has 0 radical (unpaired) electrons. The van der Waals surface area contributed by atoms with E-state index >= 15 is 0 Å². The molecule has 10 heavy (non-hydrogen) atoms. The molecule has 0 aromatic rings. The molecule has 0 bridgehead atoms. The van der Waals surface area contributed by atoms with Gasteiger partial charge in [0.2, 0.25) is 0 Å². The number of aldehydes is 1. The number of carbonyl (C=O) groups is 1. The molecule has 0 aliphatic heterocycles. The summed E-state index contributed by atoms with van der Waals surface area (Å²) >= 11 is 0. The largest absolute Gasteiger partial charge is 0.402 e. The highest BCUT2D eigenvalue weighted by molar-refractivity contribution is 5.74. The second-order valence-corrected chi connectivity index (χ2v) is 2.73. The summed E-state index contributed by atoms with van der Waals surface area (Å²) in [7, 11) is 0. The van der Waals surface area contributed by atoms with Crippen LogP contribution in [0.1, 0.15) is 32.1 Å². The lowest BCUT2D eigenvalue weighted by Gasteiger charge is -1.98. The first kappa shape index (κ1) is 7.32. The van der Waals surface area contributed by atoms with Gasteiger partial charge in [0, 0.05) is 11.3 Å². The lowest BCUT2D eigenvalue weighted by Crippen LogP contribution is -2.01. The van der Waals surface area contributed by atoms with Crippen LogP contribution < -0.4 is 5.73 Å². The molecular formula is C8H13NO. The quantitative estimate of drug-likeness (QED) is 0.557. The minimum atomic E-state index is 0.813. The SMILES string of the molecule is NC1=C(C=O)CCCCC1. The Kier molecular flexibility index (Phi) is 2.49. The molecule has 1 aliphatic rings. The summed E-state index contributed by atoms with van der Waals surface area (Å²) in [6.45, 7) is 0. The fourth-order valence-corrected chi connectivity index (χ4v) is 1.26. The molecule has 0 unspecified atom stereocenters. The van der Waals surface area contributed by atoms with Crippen molar-refractivity contribution in [1.82, 2.24) is 0 Å². The van der Waals surface area contributed by atoms with E-state index in [1.165, 1.54) is 6.42 Å². The summed E-state index contributed by atoms with van der Waals surface area (Å²) in [4.78, 5) is 10.4. The van der Waals surface area contributed by atoms with Crippen LogP contribution in [-0.2, 0) is 4.79 Å². The van der Waals surface area contributed by atoms with Crippen molar-refractivity contribution < 1.29 is 4.79 Å². The van der Waals surface area contributed by atoms with Crippen molar-refractivity contribution in [2.45, 2.75) is 32.1 Å². The molecule has 0 heterocycles. The van der Waals surface area contributed by atoms with Gasteiger partial charge in [0.05, 0.1) is 0 Å². The molecule has 2 N–H and O–H groups in total. The number of rotatable bonds is 1. The topological polar surface area (TPSA) is 43.1 Å². The maximum Gasteiger partial charge on any atom is 0.147 e. The standard InChI is InChI=1S/C8H13NO/c9-8-5-3-1-2-4-7(8)6-10/h6H,1-5,9H2. The van der Waals surface area contributed by atoms with Gasteiger partial charge in [0.15, 0.2) is 0 Å². The average molecular weight is 139 g/mol. The van der Waals surface area contributed by atoms with Gasteiger partial charge in [0.1, 0.15) is 6.29 Å². The first-order valence-electron chi connectivity index (χ1n) is 3.77. The third-order valence-corrected chi connectivity index (χ3v) is 1.95. The van der Waals surface area contributed by atoms with E-state index in [2.05, 4.69) is 0 Å². The second-order valence-electron chi connectivity index (χ2n) is 2.73. The predicted molar refractivity (Wildman–Crippen MR) is 40.4 cm³/mol. The van der Waals surface area contributed by atoms with Crippen molar-refractivity contribution in [2.24, 2.45) is 5.73 Å². The van der Waals surface area contributed by atoms with Crippen molar-refractivity contribution in [2.75, 3.05) is 0 Å². The molecule has 0 saturated heterocycles. The Bertz CT molecular complexity index is 161. The van der Waals surface area contributed by atoms with Crippen molar-refractivity contribution in [3.63, 3.8) is 0 Å². The molecule has 0 spiro atoms. The van der Waals surface area contributed by atoms with Gasteiger partial charge in [-0.25, -0.2) is 0 Å². The lowest BCUT2D eigenvalue weighted by atomic mass is 10.1. The van der Waals surface area contributed by atoms with Gasteiger partial charge >= 0.3 is 0 Å². The lowest BCUT2D eigenvalue weighted by molar-refractivity contribution is -0.105. The predicted octanol–water partition coefficient (Wildman–Crippen LogP) is 1.36. The van der Waals surface area contributed by atoms with E-state index in [9.17, 15) is 4.79 Å². The minimum absolute atomic E-state index is 0.813. The van der Waals surface area contributed by atoms with Crippen LogP contribution in [0.15, 0.2) is 11.3 Å². The summed E-state index contributed by atoms with van der Waals surface area (Å²) in [5, 5.41) is 0. The van der Waals surface area contributed by atoms with Crippen LogP contribution in [0.2, 0.25) is 0 Å². The Balaban J connectivity index is 2.67. The van der Waals surface area contributed by atoms with Crippen LogP contribution in [0.3, 0.4) is 0 Å². The summed E-state index contributed by atoms with van der Waals surface area (Å²) in [5.41, 5.74) is 7.28. The molecule has 0 atom stereocenters. The maximum absolute atomic E-state index is 10.4. The van der Waals surface area contributed by atoms with E-state index < -0.39 is 0 Å². The molecule has 0 fully saturated rings. The van der Waals surface area contributed by atoms with Crippen LogP contribution in [0.4, 0.5) is 0 Å². The van der Waals surface area contributed by atoms with Gasteiger partial charge in [-0.3, -0.25) is 4.79 Å². The Hall–Kier alpha value is -0.790. The summed E-state index contributed by atoms with van der Waals surface area (Å²) in [5.74, 6) is 0. The zero-order valence-electron chi connectivity index (χ0n) is 6.10. The second kappa shape index (κ2) is 3.40. The minimum Gasteiger partial charge on any atom is -0.402 e. The fraction of sp³-hybridized carbons (Fsp3) is 0.625. The van der Waals surface area contributed by atoms with Crippen molar-refractivity contribution >= 4 is 6.29 Å². The average Bonchev–Trinajstić information content (AvgIpc) is 2.13. The fourth-order valence-electron chi connectivity index (χ4n) is 1.26. The Labute approximate surface area is 61.1 Å². The molecule has 1 rings (SSSR count). The van der Waals surface area contributed by atoms with Crippen molar-refractivity contribution in [3.8, 4) is 0 Å². The molecule has 2 nitrogen and oxygen atoms in total. The molecule has 0 aromatic carbocycles. The third-order valence-electron chi connectivity index (χ3n) is 1.95. The zero-order chi connectivity index (χ0) is 7.40. The van der Waals surface area contributed by atoms with Gasteiger partial charge in [-0.05, 0) is 25.7 Å². The monoisotopic (exact) mass is 139 g/mol. The van der Waals surface area contributed by atoms with E-state index in [0.717, 1.165) is 43.2 Å². The van der Waals surface area contributed by atoms with Crippen LogP contribution in [-0.4, -0.2) is 6.29 Å². The molecule has 0 aromatic heterocycles. The van der Waals surface area contributed by atoms with Gasteiger partial charge in [-0.2, -0.15) is 0 Å². The summed E-state index contributed by atoms with van der Waals surface area (Å²) < 4.78 is 0. The Morgan fingerprint density at radius 1 is 1.20 bits per heavy atom. The normalized spacial score (nSPS) is 20.4. The highest BCUT2D eigenvalue weighted by atomic mass is 16.1. The van der Waals surface area contributed by atoms with E-state index in [1.54, 1.807) is 0 Å². The highest BCUT2D eigenvalue weighted by Gasteiger charge is 2.06. The number of hydrogen-bond acceptors (Lipinski definition) is 2. The Morgan fingerprint density at radius 2 is 1.90 bits per heavy atom. The summed E-state index contributed by atoms with van der Waals surface area (Å²) in [6, 6.07) is 0. The molecule has 56 valence electrons. The van der Waals surface area contributed by atoms with Gasteiger partial charge < -0.3 is 5.73 Å². The van der Waals surface area contributed by atoms with Crippen molar-refractivity contribution in [1.29, 1.82) is 0 Å². The van der Waals surface area contributed by atoms with E-state index in [1.807, 2.05) is 0 Å². The van der Waals surface area contributed by atoms with Crippen LogP contribution in [0, 0.1) is 0 Å². The molecule has 0 amide bonds. The molecule has 1 aliphatic carbocycles. The Morgan fingerprint density at radius 3 is 2.60 bits per heavy atom. The van der Waals surface area contributed by atoms with Gasteiger partial charge in [0.25, 0.3) is 0 Å². The van der Waals surface area contributed by atoms with E-state index in [-0.39, 0.29) is 0 Å². The van der Waals surface area contributed by atoms with E-state index in [4.69, 9.17) is 5.73 Å².